The summed E-state index contributed by atoms with van der Waals surface area (Å²) < 4.78 is 31.0. The molecule has 0 amide bonds. The van der Waals surface area contributed by atoms with Crippen molar-refractivity contribution in [3.05, 3.63) is 65.2 Å². The molecule has 0 fully saturated rings. The van der Waals surface area contributed by atoms with Gasteiger partial charge in [-0.25, -0.2) is 17.9 Å². The van der Waals surface area contributed by atoms with E-state index in [4.69, 9.17) is 4.74 Å². The molecule has 0 aliphatic carbocycles. The van der Waals surface area contributed by atoms with Crippen LogP contribution in [-0.2, 0) is 14.8 Å². The molecule has 2 aromatic carbocycles. The molecule has 2 aromatic rings. The number of esters is 1. The van der Waals surface area contributed by atoms with E-state index in [1.807, 2.05) is 6.92 Å². The minimum Gasteiger partial charge on any atom is -0.454 e. The minimum absolute atomic E-state index is 0.0571. The van der Waals surface area contributed by atoms with E-state index in [1.165, 1.54) is 24.3 Å². The summed E-state index contributed by atoms with van der Waals surface area (Å²) in [5, 5.41) is 0. The Hall–Kier alpha value is -2.51. The van der Waals surface area contributed by atoms with Gasteiger partial charge in [0.05, 0.1) is 10.5 Å². The Bertz CT molecular complexity index is 855. The molecule has 0 aromatic heterocycles. The van der Waals surface area contributed by atoms with Crippen LogP contribution in [0.5, 0.6) is 0 Å². The summed E-state index contributed by atoms with van der Waals surface area (Å²) in [4.78, 5) is 24.0. The summed E-state index contributed by atoms with van der Waals surface area (Å²) in [5.74, 6) is -0.993. The zero-order valence-corrected chi connectivity index (χ0v) is 14.8. The van der Waals surface area contributed by atoms with Crippen LogP contribution < -0.4 is 4.72 Å². The highest BCUT2D eigenvalue weighted by molar-refractivity contribution is 7.89. The third kappa shape index (κ3) is 4.98. The highest BCUT2D eigenvalue weighted by atomic mass is 32.2. The fourth-order valence-corrected chi connectivity index (χ4v) is 3.12. The summed E-state index contributed by atoms with van der Waals surface area (Å²) in [7, 11) is -3.57. The van der Waals surface area contributed by atoms with E-state index in [9.17, 15) is 18.0 Å². The monoisotopic (exact) mass is 361 g/mol. The second-order valence-electron chi connectivity index (χ2n) is 5.39. The van der Waals surface area contributed by atoms with Crippen LogP contribution in [0.1, 0.15) is 33.2 Å². The van der Waals surface area contributed by atoms with E-state index in [0.717, 1.165) is 5.56 Å². The molecule has 0 atom stereocenters. The minimum atomic E-state index is -3.57. The normalized spacial score (nSPS) is 11.1. The lowest BCUT2D eigenvalue weighted by molar-refractivity contribution is 0.0474. The van der Waals surface area contributed by atoms with E-state index < -0.39 is 16.0 Å². The molecule has 0 bridgehead atoms. The average Bonchev–Trinajstić information content (AvgIpc) is 2.60. The smallest absolute Gasteiger partial charge is 0.338 e. The molecule has 1 N–H and O–H groups in total. The molecule has 0 spiro atoms. The Morgan fingerprint density at radius 3 is 2.08 bits per heavy atom. The predicted octanol–water partition coefficient (Wildman–Crippen LogP) is 2.33. The quantitative estimate of drug-likeness (QED) is 0.604. The van der Waals surface area contributed by atoms with Crippen LogP contribution in [0.2, 0.25) is 0 Å². The van der Waals surface area contributed by atoms with Crippen molar-refractivity contribution < 1.29 is 22.7 Å². The first-order valence-electron chi connectivity index (χ1n) is 7.70. The van der Waals surface area contributed by atoms with Crippen LogP contribution in [0.25, 0.3) is 0 Å². The lowest BCUT2D eigenvalue weighted by Gasteiger charge is -2.07. The van der Waals surface area contributed by atoms with Gasteiger partial charge in [-0.15, -0.1) is 0 Å². The van der Waals surface area contributed by atoms with Crippen LogP contribution in [0.3, 0.4) is 0 Å². The second-order valence-corrected chi connectivity index (χ2v) is 7.16. The third-order valence-corrected chi connectivity index (χ3v) is 5.00. The molecule has 6 nitrogen and oxygen atoms in total. The van der Waals surface area contributed by atoms with Gasteiger partial charge in [0.25, 0.3) is 0 Å². The van der Waals surface area contributed by atoms with Crippen LogP contribution in [0, 0.1) is 6.92 Å². The Morgan fingerprint density at radius 2 is 1.52 bits per heavy atom. The first-order valence-corrected chi connectivity index (χ1v) is 9.18. The summed E-state index contributed by atoms with van der Waals surface area (Å²) >= 11 is 0. The van der Waals surface area contributed by atoms with Crippen LogP contribution in [0.15, 0.2) is 53.4 Å². The molecule has 132 valence electrons. The van der Waals surface area contributed by atoms with Gasteiger partial charge in [0, 0.05) is 12.1 Å². The van der Waals surface area contributed by atoms with Crippen LogP contribution >= 0.6 is 0 Å². The van der Waals surface area contributed by atoms with Gasteiger partial charge in [-0.05, 0) is 31.2 Å². The molecular weight excluding hydrogens is 342 g/mol. The van der Waals surface area contributed by atoms with Crippen LogP contribution in [0.4, 0.5) is 0 Å². The standard InChI is InChI=1S/C18H19NO5S/c1-3-19-25(22,23)16-10-8-15(9-11-16)18(21)24-12-17(20)14-6-4-13(2)5-7-14/h4-11,19H,3,12H2,1-2H3. The summed E-state index contributed by atoms with van der Waals surface area (Å²) in [5.41, 5.74) is 1.67. The molecule has 25 heavy (non-hydrogen) atoms. The first kappa shape index (κ1) is 18.8. The van der Waals surface area contributed by atoms with Crippen molar-refractivity contribution in [3.8, 4) is 0 Å². The van der Waals surface area contributed by atoms with E-state index in [0.29, 0.717) is 5.56 Å². The zero-order valence-electron chi connectivity index (χ0n) is 14.0. The Labute approximate surface area is 146 Å². The second kappa shape index (κ2) is 8.04. The lowest BCUT2D eigenvalue weighted by Crippen LogP contribution is -2.23. The number of nitrogens with one attached hydrogen (secondary N) is 1. The van der Waals surface area contributed by atoms with Crippen molar-refractivity contribution in [2.75, 3.05) is 13.2 Å². The molecule has 0 saturated carbocycles. The van der Waals surface area contributed by atoms with Gasteiger partial charge in [0.2, 0.25) is 10.0 Å². The number of Topliss-reactive ketones (excluding diaryl/α,β-unsaturated/α-hetero) is 1. The number of carbonyl (C=O) groups is 2. The van der Waals surface area contributed by atoms with Gasteiger partial charge in [-0.2, -0.15) is 0 Å². The molecule has 0 unspecified atom stereocenters. The summed E-state index contributed by atoms with van der Waals surface area (Å²) in [6, 6.07) is 12.3. The number of benzene rings is 2. The van der Waals surface area contributed by atoms with Crippen molar-refractivity contribution in [2.24, 2.45) is 0 Å². The highest BCUT2D eigenvalue weighted by Crippen LogP contribution is 2.12. The van der Waals surface area contributed by atoms with Gasteiger partial charge in [0.1, 0.15) is 0 Å². The van der Waals surface area contributed by atoms with Gasteiger partial charge in [-0.3, -0.25) is 4.79 Å². The van der Waals surface area contributed by atoms with Crippen molar-refractivity contribution >= 4 is 21.8 Å². The Kier molecular flexibility index (Phi) is 6.06. The number of rotatable bonds is 7. The third-order valence-electron chi connectivity index (χ3n) is 3.44. The predicted molar refractivity (Wildman–Crippen MR) is 93.1 cm³/mol. The van der Waals surface area contributed by atoms with Crippen LogP contribution in [-0.4, -0.2) is 33.3 Å². The van der Waals surface area contributed by atoms with E-state index >= 15 is 0 Å². The number of aryl methyl sites for hydroxylation is 1. The molecule has 7 heteroatoms. The van der Waals surface area contributed by atoms with Crippen molar-refractivity contribution in [3.63, 3.8) is 0 Å². The van der Waals surface area contributed by atoms with E-state index in [-0.39, 0.29) is 29.4 Å². The van der Waals surface area contributed by atoms with Gasteiger partial charge < -0.3 is 4.74 Å². The number of carbonyl (C=O) groups excluding carboxylic acids is 2. The maximum Gasteiger partial charge on any atom is 0.338 e. The van der Waals surface area contributed by atoms with Gasteiger partial charge in [0.15, 0.2) is 12.4 Å². The van der Waals surface area contributed by atoms with Crippen molar-refractivity contribution in [2.45, 2.75) is 18.7 Å². The molecule has 0 radical (unpaired) electrons. The number of hydrogen-bond acceptors (Lipinski definition) is 5. The molecule has 0 saturated heterocycles. The van der Waals surface area contributed by atoms with E-state index in [2.05, 4.69) is 4.72 Å². The molecule has 2 rings (SSSR count). The highest BCUT2D eigenvalue weighted by Gasteiger charge is 2.15. The maximum atomic E-state index is 12.0. The lowest BCUT2D eigenvalue weighted by atomic mass is 10.1. The summed E-state index contributed by atoms with van der Waals surface area (Å²) in [6.45, 7) is 3.48. The molecule has 0 aliphatic rings. The van der Waals surface area contributed by atoms with Gasteiger partial charge in [-0.1, -0.05) is 36.8 Å². The number of ketones is 1. The van der Waals surface area contributed by atoms with Gasteiger partial charge >= 0.3 is 5.97 Å². The van der Waals surface area contributed by atoms with E-state index in [1.54, 1.807) is 31.2 Å². The molecule has 0 aliphatic heterocycles. The topological polar surface area (TPSA) is 89.5 Å². The Balaban J connectivity index is 1.99. The molecular formula is C18H19NO5S. The SMILES string of the molecule is CCNS(=O)(=O)c1ccc(C(=O)OCC(=O)c2ccc(C)cc2)cc1. The fourth-order valence-electron chi connectivity index (χ4n) is 2.08. The average molecular weight is 361 g/mol. The van der Waals surface area contributed by atoms with Crippen molar-refractivity contribution in [1.82, 2.24) is 4.72 Å². The number of hydrogen-bond donors (Lipinski definition) is 1. The zero-order chi connectivity index (χ0) is 18.4. The Morgan fingerprint density at radius 1 is 0.960 bits per heavy atom. The molecule has 0 heterocycles. The fraction of sp³-hybridized carbons (Fsp3) is 0.222. The number of sulfonamides is 1. The first-order chi connectivity index (χ1) is 11.8. The summed E-state index contributed by atoms with van der Waals surface area (Å²) in [6.07, 6.45) is 0. The maximum absolute atomic E-state index is 12.0. The number of ether oxygens (including phenoxy) is 1. The largest absolute Gasteiger partial charge is 0.454 e. The van der Waals surface area contributed by atoms with Crippen molar-refractivity contribution in [1.29, 1.82) is 0 Å².